The highest BCUT2D eigenvalue weighted by Crippen LogP contribution is 2.18. The first-order chi connectivity index (χ1) is 9.58. The Balaban J connectivity index is 2.32. The van der Waals surface area contributed by atoms with Gasteiger partial charge in [-0.2, -0.15) is 0 Å². The second kappa shape index (κ2) is 5.88. The highest BCUT2D eigenvalue weighted by Gasteiger charge is 2.09. The molecule has 0 fully saturated rings. The Kier molecular flexibility index (Phi) is 4.00. The highest BCUT2D eigenvalue weighted by molar-refractivity contribution is 5.95. The van der Waals surface area contributed by atoms with Crippen LogP contribution in [0.4, 0.5) is 11.4 Å². The lowest BCUT2D eigenvalue weighted by molar-refractivity contribution is -0.385. The van der Waals surface area contributed by atoms with Crippen LogP contribution in [0.1, 0.15) is 22.8 Å². The molecule has 2 rings (SSSR count). The van der Waals surface area contributed by atoms with E-state index in [0.29, 0.717) is 16.8 Å². The fraction of sp³-hybridized carbons (Fsp3) is 0.0667. The van der Waals surface area contributed by atoms with Gasteiger partial charge < -0.3 is 0 Å². The quantitative estimate of drug-likeness (QED) is 0.368. The van der Waals surface area contributed by atoms with Crippen molar-refractivity contribution in [2.45, 2.75) is 6.92 Å². The number of nitro benzene ring substituents is 1. The van der Waals surface area contributed by atoms with E-state index in [1.165, 1.54) is 19.2 Å². The average molecular weight is 268 g/mol. The number of nitrogens with zero attached hydrogens (tertiary/aromatic N) is 2. The van der Waals surface area contributed by atoms with Crippen LogP contribution >= 0.6 is 0 Å². The summed E-state index contributed by atoms with van der Waals surface area (Å²) in [5, 5.41) is 10.9. The first-order valence-corrected chi connectivity index (χ1v) is 5.96. The summed E-state index contributed by atoms with van der Waals surface area (Å²) < 4.78 is 0. The van der Waals surface area contributed by atoms with Crippen molar-refractivity contribution in [1.29, 1.82) is 0 Å². The molecule has 20 heavy (non-hydrogen) atoms. The predicted octanol–water partition coefficient (Wildman–Crippen LogP) is 3.55. The van der Waals surface area contributed by atoms with Gasteiger partial charge in [-0.25, -0.2) is 0 Å². The molecule has 0 aliphatic rings. The second-order valence-electron chi connectivity index (χ2n) is 4.18. The zero-order chi connectivity index (χ0) is 14.5. The highest BCUT2D eigenvalue weighted by atomic mass is 16.6. The lowest BCUT2D eigenvalue weighted by Crippen LogP contribution is -1.94. The molecule has 2 aromatic rings. The van der Waals surface area contributed by atoms with Crippen LogP contribution in [0.3, 0.4) is 0 Å². The molecule has 0 aliphatic carbocycles. The van der Waals surface area contributed by atoms with Crippen molar-refractivity contribution in [3.05, 3.63) is 69.8 Å². The van der Waals surface area contributed by atoms with Crippen molar-refractivity contribution in [3.63, 3.8) is 0 Å². The Labute approximate surface area is 115 Å². The van der Waals surface area contributed by atoms with Crippen LogP contribution in [-0.4, -0.2) is 16.9 Å². The topological polar surface area (TPSA) is 72.6 Å². The summed E-state index contributed by atoms with van der Waals surface area (Å²) >= 11 is 0. The maximum absolute atomic E-state index is 11.3. The van der Waals surface area contributed by atoms with Crippen LogP contribution in [-0.2, 0) is 0 Å². The van der Waals surface area contributed by atoms with Gasteiger partial charge in [-0.05, 0) is 25.1 Å². The van der Waals surface area contributed by atoms with Gasteiger partial charge in [0.1, 0.15) is 0 Å². The first kappa shape index (κ1) is 13.6. The predicted molar refractivity (Wildman–Crippen MR) is 76.8 cm³/mol. The minimum Gasteiger partial charge on any atom is -0.295 e. The molecule has 0 heterocycles. The standard InChI is InChI=1S/C15H12N2O3/c1-11(18)12-6-4-7-14(9-12)16-10-13-5-2-3-8-15(13)17(19)20/h2-10H,1H3. The Bertz CT molecular complexity index is 693. The van der Waals surface area contributed by atoms with Crippen LogP contribution in [0, 0.1) is 10.1 Å². The molecular formula is C15H12N2O3. The molecule has 2 aromatic carbocycles. The number of benzene rings is 2. The van der Waals surface area contributed by atoms with Gasteiger partial charge in [0.2, 0.25) is 0 Å². The fourth-order valence-corrected chi connectivity index (χ4v) is 1.71. The van der Waals surface area contributed by atoms with E-state index in [-0.39, 0.29) is 11.5 Å². The number of carbonyl (C=O) groups excluding carboxylic acids is 1. The van der Waals surface area contributed by atoms with E-state index in [0.717, 1.165) is 0 Å². The minimum atomic E-state index is -0.451. The fourth-order valence-electron chi connectivity index (χ4n) is 1.71. The molecule has 0 aromatic heterocycles. The van der Waals surface area contributed by atoms with Crippen molar-refractivity contribution in [2.24, 2.45) is 4.99 Å². The third-order valence-corrected chi connectivity index (χ3v) is 2.74. The summed E-state index contributed by atoms with van der Waals surface area (Å²) in [7, 11) is 0. The van der Waals surface area contributed by atoms with Crippen LogP contribution in [0.25, 0.3) is 0 Å². The zero-order valence-corrected chi connectivity index (χ0v) is 10.8. The monoisotopic (exact) mass is 268 g/mol. The molecule has 0 unspecified atom stereocenters. The normalized spacial score (nSPS) is 10.7. The minimum absolute atomic E-state index is 0.000951. The van der Waals surface area contributed by atoms with Gasteiger partial charge in [0.15, 0.2) is 5.78 Å². The summed E-state index contributed by atoms with van der Waals surface area (Å²) in [4.78, 5) is 25.9. The third kappa shape index (κ3) is 3.14. The number of hydrogen-bond acceptors (Lipinski definition) is 4. The first-order valence-electron chi connectivity index (χ1n) is 5.96. The molecular weight excluding hydrogens is 256 g/mol. The summed E-state index contributed by atoms with van der Waals surface area (Å²) in [5.74, 6) is -0.0484. The van der Waals surface area contributed by atoms with E-state index < -0.39 is 4.92 Å². The average Bonchev–Trinajstić information content (AvgIpc) is 2.45. The van der Waals surface area contributed by atoms with Crippen molar-refractivity contribution in [2.75, 3.05) is 0 Å². The Morgan fingerprint density at radius 3 is 2.65 bits per heavy atom. The van der Waals surface area contributed by atoms with E-state index >= 15 is 0 Å². The van der Waals surface area contributed by atoms with Crippen LogP contribution in [0.2, 0.25) is 0 Å². The number of ketones is 1. The number of aliphatic imine (C=N–C) groups is 1. The van der Waals surface area contributed by atoms with Crippen LogP contribution in [0.15, 0.2) is 53.5 Å². The maximum atomic E-state index is 11.3. The molecule has 0 amide bonds. The lowest BCUT2D eigenvalue weighted by Gasteiger charge is -1.98. The van der Waals surface area contributed by atoms with Crippen LogP contribution < -0.4 is 0 Å². The van der Waals surface area contributed by atoms with E-state index in [1.807, 2.05) is 0 Å². The Hall–Kier alpha value is -2.82. The second-order valence-corrected chi connectivity index (χ2v) is 4.18. The number of Topliss-reactive ketones (excluding diaryl/α,β-unsaturated/α-hetero) is 1. The Morgan fingerprint density at radius 2 is 1.95 bits per heavy atom. The summed E-state index contributed by atoms with van der Waals surface area (Å²) in [6.45, 7) is 1.48. The molecule has 5 nitrogen and oxygen atoms in total. The van der Waals surface area contributed by atoms with Crippen molar-refractivity contribution >= 4 is 23.4 Å². The molecule has 0 saturated carbocycles. The van der Waals surface area contributed by atoms with Crippen molar-refractivity contribution in [1.82, 2.24) is 0 Å². The third-order valence-electron chi connectivity index (χ3n) is 2.74. The van der Waals surface area contributed by atoms with Gasteiger partial charge in [-0.3, -0.25) is 19.9 Å². The molecule has 0 N–H and O–H groups in total. The zero-order valence-electron chi connectivity index (χ0n) is 10.8. The summed E-state index contributed by atoms with van der Waals surface area (Å²) in [6.07, 6.45) is 1.43. The van der Waals surface area contributed by atoms with Gasteiger partial charge in [-0.1, -0.05) is 24.3 Å². The number of rotatable bonds is 4. The van der Waals surface area contributed by atoms with Crippen molar-refractivity contribution in [3.8, 4) is 0 Å². The van der Waals surface area contributed by atoms with E-state index in [1.54, 1.807) is 42.5 Å². The molecule has 0 atom stereocenters. The molecule has 0 saturated heterocycles. The maximum Gasteiger partial charge on any atom is 0.278 e. The molecule has 5 heteroatoms. The number of para-hydroxylation sites is 1. The number of nitro groups is 1. The molecule has 0 aliphatic heterocycles. The summed E-state index contributed by atoms with van der Waals surface area (Å²) in [5.41, 5.74) is 1.56. The van der Waals surface area contributed by atoms with Gasteiger partial charge in [0, 0.05) is 17.8 Å². The van der Waals surface area contributed by atoms with Gasteiger partial charge in [-0.15, -0.1) is 0 Å². The molecule has 0 radical (unpaired) electrons. The molecule has 0 spiro atoms. The smallest absolute Gasteiger partial charge is 0.278 e. The lowest BCUT2D eigenvalue weighted by atomic mass is 10.1. The van der Waals surface area contributed by atoms with E-state index in [2.05, 4.69) is 4.99 Å². The largest absolute Gasteiger partial charge is 0.295 e. The summed E-state index contributed by atoms with van der Waals surface area (Å²) in [6, 6.07) is 13.2. The molecule has 0 bridgehead atoms. The van der Waals surface area contributed by atoms with Gasteiger partial charge >= 0.3 is 0 Å². The SMILES string of the molecule is CC(=O)c1cccc(N=Cc2ccccc2[N+](=O)[O-])c1. The van der Waals surface area contributed by atoms with E-state index in [4.69, 9.17) is 0 Å². The molecule has 100 valence electrons. The van der Waals surface area contributed by atoms with Crippen molar-refractivity contribution < 1.29 is 9.72 Å². The Morgan fingerprint density at radius 1 is 1.20 bits per heavy atom. The number of carbonyl (C=O) groups is 1. The van der Waals surface area contributed by atoms with Crippen LogP contribution in [0.5, 0.6) is 0 Å². The van der Waals surface area contributed by atoms with E-state index in [9.17, 15) is 14.9 Å². The van der Waals surface area contributed by atoms with Gasteiger partial charge in [0.05, 0.1) is 16.2 Å². The number of hydrogen-bond donors (Lipinski definition) is 0. The van der Waals surface area contributed by atoms with Gasteiger partial charge in [0.25, 0.3) is 5.69 Å².